The fourth-order valence-corrected chi connectivity index (χ4v) is 3.43. The van der Waals surface area contributed by atoms with Crippen LogP contribution < -0.4 is 5.32 Å². The third kappa shape index (κ3) is 2.79. The number of pyridine rings is 1. The molecule has 1 aliphatic carbocycles. The summed E-state index contributed by atoms with van der Waals surface area (Å²) in [4.78, 5) is 42.7. The Labute approximate surface area is 149 Å². The van der Waals surface area contributed by atoms with Gasteiger partial charge in [-0.05, 0) is 31.0 Å². The molecule has 1 N–H and O–H groups in total. The van der Waals surface area contributed by atoms with Gasteiger partial charge >= 0.3 is 0 Å². The number of aromatic nitrogens is 3. The van der Waals surface area contributed by atoms with Crippen molar-refractivity contribution in [2.45, 2.75) is 12.8 Å². The van der Waals surface area contributed by atoms with Crippen LogP contribution in [0.2, 0.25) is 0 Å². The summed E-state index contributed by atoms with van der Waals surface area (Å²) in [5.74, 6) is -1.19. The van der Waals surface area contributed by atoms with E-state index in [1.165, 1.54) is 4.68 Å². The number of fused-ring (bicyclic) bond motifs is 1. The number of carbonyl (C=O) groups is 3. The molecule has 0 saturated carbocycles. The highest BCUT2D eigenvalue weighted by Crippen LogP contribution is 2.34. The molecule has 4 rings (SSSR count). The highest BCUT2D eigenvalue weighted by molar-refractivity contribution is 6.09. The Balaban J connectivity index is 1.49. The number of likely N-dealkylation sites (tertiary alicyclic amines) is 1. The summed E-state index contributed by atoms with van der Waals surface area (Å²) in [7, 11) is 0. The summed E-state index contributed by atoms with van der Waals surface area (Å²) in [6.07, 6.45) is 9.86. The van der Waals surface area contributed by atoms with Crippen LogP contribution in [0.5, 0.6) is 0 Å². The fourth-order valence-electron chi connectivity index (χ4n) is 3.43. The van der Waals surface area contributed by atoms with Crippen LogP contribution in [0, 0.1) is 11.8 Å². The Morgan fingerprint density at radius 3 is 2.50 bits per heavy atom. The van der Waals surface area contributed by atoms with Crippen LogP contribution in [0.1, 0.15) is 12.8 Å². The van der Waals surface area contributed by atoms with E-state index < -0.39 is 5.91 Å². The van der Waals surface area contributed by atoms with Crippen LogP contribution in [0.15, 0.2) is 48.9 Å². The van der Waals surface area contributed by atoms with Crippen molar-refractivity contribution in [3.63, 3.8) is 0 Å². The molecule has 1 fully saturated rings. The summed E-state index contributed by atoms with van der Waals surface area (Å²) in [5.41, 5.74) is 0.458. The number of hydrogen-bond donors (Lipinski definition) is 1. The second-order valence-electron chi connectivity index (χ2n) is 6.29. The molecule has 2 aromatic rings. The molecule has 1 saturated heterocycles. The normalized spacial score (nSPS) is 21.8. The maximum atomic E-state index is 12.5. The summed E-state index contributed by atoms with van der Waals surface area (Å²) in [6, 6.07) is 5.13. The molecule has 132 valence electrons. The maximum Gasteiger partial charge on any atom is 0.244 e. The Morgan fingerprint density at radius 2 is 1.85 bits per heavy atom. The molecule has 26 heavy (non-hydrogen) atoms. The van der Waals surface area contributed by atoms with E-state index in [-0.39, 0.29) is 30.2 Å². The molecule has 1 aliphatic heterocycles. The molecule has 8 nitrogen and oxygen atoms in total. The lowest BCUT2D eigenvalue weighted by atomic mass is 9.85. The number of nitrogens with zero attached hydrogens (tertiary/aromatic N) is 4. The standard InChI is InChI=1S/C18H17N5O3/c24-15(11-22-17(25)12-5-1-2-6-13(12)18(22)26)21-14-7-3-8-19-16(14)23-10-4-9-20-23/h1-4,7-10,12-13H,5-6,11H2,(H,21,24)/t12-,13-/m0/s1. The first-order chi connectivity index (χ1) is 12.6. The van der Waals surface area contributed by atoms with E-state index in [1.54, 1.807) is 36.8 Å². The predicted octanol–water partition coefficient (Wildman–Crippen LogP) is 1.16. The predicted molar refractivity (Wildman–Crippen MR) is 92.1 cm³/mol. The highest BCUT2D eigenvalue weighted by Gasteiger charge is 2.47. The van der Waals surface area contributed by atoms with Gasteiger partial charge in [-0.2, -0.15) is 5.10 Å². The fraction of sp³-hybridized carbons (Fsp3) is 0.278. The quantitative estimate of drug-likeness (QED) is 0.658. The number of hydrogen-bond acceptors (Lipinski definition) is 5. The molecule has 0 aromatic carbocycles. The molecule has 2 aliphatic rings. The van der Waals surface area contributed by atoms with E-state index in [9.17, 15) is 14.4 Å². The average Bonchev–Trinajstić information content (AvgIpc) is 3.26. The zero-order valence-electron chi connectivity index (χ0n) is 13.9. The van der Waals surface area contributed by atoms with Gasteiger partial charge in [0.25, 0.3) is 0 Å². The van der Waals surface area contributed by atoms with Crippen molar-refractivity contribution in [2.75, 3.05) is 11.9 Å². The average molecular weight is 351 g/mol. The minimum absolute atomic E-state index is 0.266. The zero-order chi connectivity index (χ0) is 18.1. The van der Waals surface area contributed by atoms with Gasteiger partial charge in [0.1, 0.15) is 6.54 Å². The first-order valence-corrected chi connectivity index (χ1v) is 8.40. The van der Waals surface area contributed by atoms with Crippen molar-refractivity contribution in [2.24, 2.45) is 11.8 Å². The number of anilines is 1. The lowest BCUT2D eigenvalue weighted by molar-refractivity contribution is -0.142. The van der Waals surface area contributed by atoms with E-state index >= 15 is 0 Å². The molecule has 2 aromatic heterocycles. The first-order valence-electron chi connectivity index (χ1n) is 8.40. The second-order valence-corrected chi connectivity index (χ2v) is 6.29. The third-order valence-corrected chi connectivity index (χ3v) is 4.68. The van der Waals surface area contributed by atoms with E-state index in [4.69, 9.17) is 0 Å². The molecule has 0 bridgehead atoms. The molecule has 2 atom stereocenters. The van der Waals surface area contributed by atoms with E-state index in [0.29, 0.717) is 24.3 Å². The van der Waals surface area contributed by atoms with Crippen LogP contribution >= 0.6 is 0 Å². The smallest absolute Gasteiger partial charge is 0.244 e. The van der Waals surface area contributed by atoms with Gasteiger partial charge in [0.15, 0.2) is 5.82 Å². The zero-order valence-corrected chi connectivity index (χ0v) is 13.9. The van der Waals surface area contributed by atoms with Crippen LogP contribution in [0.3, 0.4) is 0 Å². The lowest BCUT2D eigenvalue weighted by Crippen LogP contribution is -2.38. The number of rotatable bonds is 4. The third-order valence-electron chi connectivity index (χ3n) is 4.68. The van der Waals surface area contributed by atoms with Crippen LogP contribution in [-0.2, 0) is 14.4 Å². The number of nitrogens with one attached hydrogen (secondary N) is 1. The van der Waals surface area contributed by atoms with Crippen molar-refractivity contribution < 1.29 is 14.4 Å². The topological polar surface area (TPSA) is 97.2 Å². The van der Waals surface area contributed by atoms with Crippen LogP contribution in [0.25, 0.3) is 5.82 Å². The van der Waals surface area contributed by atoms with E-state index in [1.807, 2.05) is 12.2 Å². The van der Waals surface area contributed by atoms with Gasteiger partial charge in [-0.3, -0.25) is 19.3 Å². The first kappa shape index (κ1) is 16.2. The van der Waals surface area contributed by atoms with Crippen molar-refractivity contribution in [1.82, 2.24) is 19.7 Å². The maximum absolute atomic E-state index is 12.5. The highest BCUT2D eigenvalue weighted by atomic mass is 16.2. The Hall–Kier alpha value is -3.29. The number of carbonyl (C=O) groups excluding carboxylic acids is 3. The van der Waals surface area contributed by atoms with Gasteiger partial charge < -0.3 is 5.32 Å². The van der Waals surface area contributed by atoms with Crippen molar-refractivity contribution in [3.8, 4) is 5.82 Å². The minimum Gasteiger partial charge on any atom is -0.321 e. The van der Waals surface area contributed by atoms with Gasteiger partial charge in [-0.25, -0.2) is 9.67 Å². The Bertz CT molecular complexity index is 864. The van der Waals surface area contributed by atoms with Gasteiger partial charge in [-0.15, -0.1) is 0 Å². The number of imide groups is 1. The van der Waals surface area contributed by atoms with Crippen molar-refractivity contribution >= 4 is 23.4 Å². The van der Waals surface area contributed by atoms with Gasteiger partial charge in [0.05, 0.1) is 17.5 Å². The molecule has 0 spiro atoms. The van der Waals surface area contributed by atoms with E-state index in [0.717, 1.165) is 4.90 Å². The minimum atomic E-state index is -0.445. The molecule has 8 heteroatoms. The van der Waals surface area contributed by atoms with Crippen molar-refractivity contribution in [1.29, 1.82) is 0 Å². The SMILES string of the molecule is O=C(CN1C(=O)[C@H]2CC=CC[C@@H]2C1=O)Nc1cccnc1-n1cccn1. The molecule has 0 unspecified atom stereocenters. The van der Waals surface area contributed by atoms with Gasteiger partial charge in [-0.1, -0.05) is 12.2 Å². The number of amides is 3. The molecule has 0 radical (unpaired) electrons. The Kier molecular flexibility index (Phi) is 4.08. The lowest BCUT2D eigenvalue weighted by Gasteiger charge is -2.15. The van der Waals surface area contributed by atoms with Crippen LogP contribution in [0.4, 0.5) is 5.69 Å². The number of allylic oxidation sites excluding steroid dienone is 2. The van der Waals surface area contributed by atoms with Crippen LogP contribution in [-0.4, -0.2) is 43.9 Å². The molecule has 3 heterocycles. The van der Waals surface area contributed by atoms with E-state index in [2.05, 4.69) is 15.4 Å². The van der Waals surface area contributed by atoms with Gasteiger partial charge in [0.2, 0.25) is 17.7 Å². The summed E-state index contributed by atoms with van der Waals surface area (Å²) in [6.45, 7) is -0.294. The van der Waals surface area contributed by atoms with Crippen molar-refractivity contribution in [3.05, 3.63) is 48.9 Å². The largest absolute Gasteiger partial charge is 0.321 e. The Morgan fingerprint density at radius 1 is 1.12 bits per heavy atom. The second kappa shape index (κ2) is 6.55. The van der Waals surface area contributed by atoms with Gasteiger partial charge in [0, 0.05) is 18.6 Å². The molecule has 3 amide bonds. The molecular weight excluding hydrogens is 334 g/mol. The summed E-state index contributed by atoms with van der Waals surface area (Å²) < 4.78 is 1.53. The summed E-state index contributed by atoms with van der Waals surface area (Å²) in [5, 5.41) is 6.83. The summed E-state index contributed by atoms with van der Waals surface area (Å²) >= 11 is 0. The monoisotopic (exact) mass is 351 g/mol. The molecular formula is C18H17N5O3.